The van der Waals surface area contributed by atoms with Gasteiger partial charge in [-0.3, -0.25) is 4.79 Å². The van der Waals surface area contributed by atoms with Gasteiger partial charge in [0.1, 0.15) is 4.88 Å². The molecule has 0 aliphatic heterocycles. The van der Waals surface area contributed by atoms with E-state index in [0.29, 0.717) is 4.88 Å². The number of aryl methyl sites for hydroxylation is 1. The second-order valence-electron chi connectivity index (χ2n) is 3.65. The molecular formula is C10H16BrN3OS. The molecule has 0 aromatic carbocycles. The molecular weight excluding hydrogens is 290 g/mol. The smallest absolute Gasteiger partial charge is 0.265 e. The van der Waals surface area contributed by atoms with E-state index in [1.807, 2.05) is 6.92 Å². The van der Waals surface area contributed by atoms with E-state index in [9.17, 15) is 4.79 Å². The first-order valence-corrected chi connectivity index (χ1v) is 7.26. The summed E-state index contributed by atoms with van der Waals surface area (Å²) in [6.45, 7) is 4.06. The Bertz CT molecular complexity index is 343. The number of hydrogen-bond acceptors (Lipinski definition) is 4. The molecule has 1 heterocycles. The lowest BCUT2D eigenvalue weighted by molar-refractivity contribution is 0.0942. The van der Waals surface area contributed by atoms with Crippen molar-refractivity contribution < 1.29 is 4.79 Å². The second kappa shape index (κ2) is 6.96. The van der Waals surface area contributed by atoms with Gasteiger partial charge in [0, 0.05) is 11.4 Å². The van der Waals surface area contributed by atoms with Gasteiger partial charge in [-0.1, -0.05) is 33.8 Å². The van der Waals surface area contributed by atoms with E-state index in [1.54, 1.807) is 0 Å². The van der Waals surface area contributed by atoms with Crippen molar-refractivity contribution in [2.75, 3.05) is 5.33 Å². The normalized spacial score (nSPS) is 12.4. The van der Waals surface area contributed by atoms with Crippen molar-refractivity contribution in [3.63, 3.8) is 0 Å². The molecule has 0 aliphatic rings. The summed E-state index contributed by atoms with van der Waals surface area (Å²) in [5.74, 6) is -0.0492. The number of carbonyl (C=O) groups excluding carboxylic acids is 1. The topological polar surface area (TPSA) is 54.9 Å². The fourth-order valence-corrected chi connectivity index (χ4v) is 2.60. The Hall–Kier alpha value is -0.490. The molecule has 16 heavy (non-hydrogen) atoms. The number of aromatic nitrogens is 2. The number of amides is 1. The van der Waals surface area contributed by atoms with Crippen molar-refractivity contribution in [3.8, 4) is 0 Å². The third-order valence-electron chi connectivity index (χ3n) is 2.17. The molecule has 0 saturated heterocycles. The van der Waals surface area contributed by atoms with Crippen LogP contribution in [0.2, 0.25) is 0 Å². The number of carbonyl (C=O) groups is 1. The maximum atomic E-state index is 11.9. The van der Waals surface area contributed by atoms with E-state index >= 15 is 0 Å². The molecule has 0 radical (unpaired) electrons. The monoisotopic (exact) mass is 305 g/mol. The summed E-state index contributed by atoms with van der Waals surface area (Å²) >= 11 is 4.53. The van der Waals surface area contributed by atoms with Crippen molar-refractivity contribution in [3.05, 3.63) is 10.6 Å². The molecule has 1 rings (SSSR count). The quantitative estimate of drug-likeness (QED) is 0.821. The Morgan fingerprint density at radius 3 is 3.00 bits per heavy atom. The lowest BCUT2D eigenvalue weighted by Gasteiger charge is -2.11. The standard InChI is InChI=1S/C10H16BrN3OS/c1-3-4-8-9(16-14-13-8)10(15)12-7(2)5-6-11/h7H,3-6H2,1-2H3,(H,12,15). The van der Waals surface area contributed by atoms with Gasteiger partial charge >= 0.3 is 0 Å². The van der Waals surface area contributed by atoms with Gasteiger partial charge in [-0.05, 0) is 31.3 Å². The fraction of sp³-hybridized carbons (Fsp3) is 0.700. The van der Waals surface area contributed by atoms with E-state index in [0.717, 1.165) is 30.3 Å². The molecule has 1 N–H and O–H groups in total. The summed E-state index contributed by atoms with van der Waals surface area (Å²) in [5, 5.41) is 7.81. The first-order chi connectivity index (χ1) is 7.69. The zero-order valence-electron chi connectivity index (χ0n) is 9.49. The molecule has 0 fully saturated rings. The van der Waals surface area contributed by atoms with Crippen LogP contribution in [0.5, 0.6) is 0 Å². The molecule has 4 nitrogen and oxygen atoms in total. The summed E-state index contributed by atoms with van der Waals surface area (Å²) < 4.78 is 3.84. The summed E-state index contributed by atoms with van der Waals surface area (Å²) in [7, 11) is 0. The van der Waals surface area contributed by atoms with Crippen LogP contribution in [0.25, 0.3) is 0 Å². The van der Waals surface area contributed by atoms with Gasteiger partial charge in [-0.2, -0.15) is 0 Å². The van der Waals surface area contributed by atoms with Crippen molar-refractivity contribution in [1.82, 2.24) is 14.9 Å². The average molecular weight is 306 g/mol. The minimum Gasteiger partial charge on any atom is -0.349 e. The van der Waals surface area contributed by atoms with Gasteiger partial charge in [-0.25, -0.2) is 0 Å². The van der Waals surface area contributed by atoms with E-state index in [1.165, 1.54) is 11.5 Å². The van der Waals surface area contributed by atoms with Crippen molar-refractivity contribution >= 4 is 33.4 Å². The number of alkyl halides is 1. The van der Waals surface area contributed by atoms with Crippen LogP contribution in [-0.2, 0) is 6.42 Å². The van der Waals surface area contributed by atoms with Crippen LogP contribution in [-0.4, -0.2) is 26.9 Å². The molecule has 0 spiro atoms. The Labute approximate surface area is 108 Å². The lowest BCUT2D eigenvalue weighted by atomic mass is 10.2. The Morgan fingerprint density at radius 1 is 1.62 bits per heavy atom. The van der Waals surface area contributed by atoms with Crippen LogP contribution in [0.4, 0.5) is 0 Å². The summed E-state index contributed by atoms with van der Waals surface area (Å²) in [5.41, 5.74) is 0.816. The fourth-order valence-electron chi connectivity index (χ4n) is 1.31. The average Bonchev–Trinajstić information content (AvgIpc) is 2.66. The molecule has 6 heteroatoms. The van der Waals surface area contributed by atoms with Crippen molar-refractivity contribution in [2.45, 2.75) is 39.2 Å². The highest BCUT2D eigenvalue weighted by Crippen LogP contribution is 2.12. The molecule has 0 bridgehead atoms. The first-order valence-electron chi connectivity index (χ1n) is 5.37. The molecule has 0 aliphatic carbocycles. The third kappa shape index (κ3) is 3.83. The van der Waals surface area contributed by atoms with Gasteiger partial charge < -0.3 is 5.32 Å². The summed E-state index contributed by atoms with van der Waals surface area (Å²) in [6, 6.07) is 0.170. The molecule has 90 valence electrons. The number of nitrogens with zero attached hydrogens (tertiary/aromatic N) is 2. The van der Waals surface area contributed by atoms with Crippen LogP contribution >= 0.6 is 27.5 Å². The highest BCUT2D eigenvalue weighted by atomic mass is 79.9. The maximum Gasteiger partial charge on any atom is 0.265 e. The van der Waals surface area contributed by atoms with E-state index in [2.05, 4.69) is 37.8 Å². The van der Waals surface area contributed by atoms with Crippen molar-refractivity contribution in [1.29, 1.82) is 0 Å². The second-order valence-corrected chi connectivity index (χ2v) is 5.20. The zero-order chi connectivity index (χ0) is 12.0. The number of nitrogens with one attached hydrogen (secondary N) is 1. The molecule has 0 saturated carbocycles. The predicted octanol–water partition coefficient (Wildman–Crippen LogP) is 2.39. The van der Waals surface area contributed by atoms with Crippen LogP contribution in [0.3, 0.4) is 0 Å². The predicted molar refractivity (Wildman–Crippen MR) is 69.2 cm³/mol. The van der Waals surface area contributed by atoms with E-state index < -0.39 is 0 Å². The van der Waals surface area contributed by atoms with Gasteiger partial charge in [0.05, 0.1) is 5.69 Å². The minimum atomic E-state index is -0.0492. The largest absolute Gasteiger partial charge is 0.349 e. The number of rotatable bonds is 6. The van der Waals surface area contributed by atoms with Gasteiger partial charge in [0.25, 0.3) is 5.91 Å². The SMILES string of the molecule is CCCc1nnsc1C(=O)NC(C)CCBr. The number of hydrogen-bond donors (Lipinski definition) is 1. The first kappa shape index (κ1) is 13.6. The van der Waals surface area contributed by atoms with Crippen LogP contribution < -0.4 is 5.32 Å². The van der Waals surface area contributed by atoms with Crippen LogP contribution in [0.15, 0.2) is 0 Å². The van der Waals surface area contributed by atoms with Gasteiger partial charge in [0.15, 0.2) is 0 Å². The summed E-state index contributed by atoms with van der Waals surface area (Å²) in [4.78, 5) is 12.5. The Morgan fingerprint density at radius 2 is 2.38 bits per heavy atom. The molecule has 1 aromatic heterocycles. The maximum absolute atomic E-state index is 11.9. The van der Waals surface area contributed by atoms with Gasteiger partial charge in [-0.15, -0.1) is 5.10 Å². The molecule has 1 aromatic rings. The number of halogens is 1. The third-order valence-corrected chi connectivity index (χ3v) is 3.39. The van der Waals surface area contributed by atoms with E-state index in [4.69, 9.17) is 0 Å². The molecule has 1 unspecified atom stereocenters. The Balaban J connectivity index is 2.61. The zero-order valence-corrected chi connectivity index (χ0v) is 11.9. The van der Waals surface area contributed by atoms with E-state index in [-0.39, 0.29) is 11.9 Å². The summed E-state index contributed by atoms with van der Waals surface area (Å²) in [6.07, 6.45) is 2.70. The van der Waals surface area contributed by atoms with Gasteiger partial charge in [0.2, 0.25) is 0 Å². The Kier molecular flexibility index (Phi) is 5.90. The van der Waals surface area contributed by atoms with Crippen LogP contribution in [0, 0.1) is 0 Å². The highest BCUT2D eigenvalue weighted by molar-refractivity contribution is 9.09. The lowest BCUT2D eigenvalue weighted by Crippen LogP contribution is -2.32. The minimum absolute atomic E-state index is 0.0492. The molecule has 1 atom stereocenters. The van der Waals surface area contributed by atoms with Crippen LogP contribution in [0.1, 0.15) is 42.1 Å². The highest BCUT2D eigenvalue weighted by Gasteiger charge is 2.16. The molecule has 1 amide bonds. The van der Waals surface area contributed by atoms with Crippen molar-refractivity contribution in [2.24, 2.45) is 0 Å².